The van der Waals surface area contributed by atoms with E-state index in [0.717, 1.165) is 23.4 Å². The number of aryl methyl sites for hydroxylation is 1. The number of H-pyrrole nitrogens is 1. The summed E-state index contributed by atoms with van der Waals surface area (Å²) in [5, 5.41) is 22.3. The van der Waals surface area contributed by atoms with Crippen LogP contribution in [-0.4, -0.2) is 38.1 Å². The normalized spacial score (nSPS) is 10.9. The Bertz CT molecular complexity index is 766. The third-order valence-electron chi connectivity index (χ3n) is 2.91. The topological polar surface area (TPSA) is 122 Å². The van der Waals surface area contributed by atoms with Crippen LogP contribution in [0, 0.1) is 0 Å². The van der Waals surface area contributed by atoms with Crippen molar-refractivity contribution >= 4 is 33.4 Å². The molecule has 108 valence electrons. The summed E-state index contributed by atoms with van der Waals surface area (Å²) in [6.07, 6.45) is 1.53. The van der Waals surface area contributed by atoms with Gasteiger partial charge in [-0.3, -0.25) is 4.79 Å². The molecule has 4 N–H and O–H groups in total. The lowest BCUT2D eigenvalue weighted by atomic mass is 10.2. The molecule has 0 fully saturated rings. The number of nitrogen functional groups attached to an aromatic ring is 1. The van der Waals surface area contributed by atoms with Crippen molar-refractivity contribution < 1.29 is 4.79 Å². The van der Waals surface area contributed by atoms with Gasteiger partial charge >= 0.3 is 0 Å². The number of benzene rings is 1. The Labute approximate surface area is 123 Å². The summed E-state index contributed by atoms with van der Waals surface area (Å²) < 4.78 is 0. The highest BCUT2D eigenvalue weighted by Crippen LogP contribution is 2.13. The van der Waals surface area contributed by atoms with E-state index in [4.69, 9.17) is 5.73 Å². The van der Waals surface area contributed by atoms with Crippen LogP contribution in [0.25, 0.3) is 11.0 Å². The van der Waals surface area contributed by atoms with Crippen molar-refractivity contribution in [1.29, 1.82) is 0 Å². The first kappa shape index (κ1) is 13.4. The van der Waals surface area contributed by atoms with Crippen LogP contribution >= 0.6 is 11.3 Å². The molecule has 2 aromatic heterocycles. The summed E-state index contributed by atoms with van der Waals surface area (Å²) in [6.45, 7) is 0.565. The molecule has 0 aliphatic heterocycles. The first-order valence-corrected chi connectivity index (χ1v) is 7.20. The van der Waals surface area contributed by atoms with Crippen molar-refractivity contribution in [2.45, 2.75) is 12.8 Å². The highest BCUT2D eigenvalue weighted by atomic mass is 32.1. The number of aromatic amines is 1. The lowest BCUT2D eigenvalue weighted by Crippen LogP contribution is -2.24. The van der Waals surface area contributed by atoms with Crippen molar-refractivity contribution in [3.05, 3.63) is 28.8 Å². The van der Waals surface area contributed by atoms with Gasteiger partial charge in [-0.25, -0.2) is 0 Å². The second-order valence-corrected chi connectivity index (χ2v) is 5.51. The molecule has 0 spiro atoms. The van der Waals surface area contributed by atoms with E-state index in [2.05, 4.69) is 30.9 Å². The monoisotopic (exact) mass is 303 g/mol. The molecule has 1 amide bonds. The third-order valence-corrected chi connectivity index (χ3v) is 3.73. The second kappa shape index (κ2) is 5.83. The second-order valence-electron chi connectivity index (χ2n) is 4.42. The van der Waals surface area contributed by atoms with E-state index in [1.54, 1.807) is 18.2 Å². The first-order chi connectivity index (χ1) is 10.2. The van der Waals surface area contributed by atoms with E-state index in [-0.39, 0.29) is 5.91 Å². The molecular formula is C12H13N7OS. The molecule has 9 heteroatoms. The molecule has 3 rings (SSSR count). The van der Waals surface area contributed by atoms with Gasteiger partial charge in [0.15, 0.2) is 0 Å². The largest absolute Gasteiger partial charge is 0.374 e. The fraction of sp³-hybridized carbons (Fsp3) is 0.250. The highest BCUT2D eigenvalue weighted by molar-refractivity contribution is 7.15. The number of carbonyl (C=O) groups excluding carboxylic acids is 1. The van der Waals surface area contributed by atoms with Crippen molar-refractivity contribution in [1.82, 2.24) is 30.9 Å². The number of fused-ring (bicyclic) bond motifs is 1. The van der Waals surface area contributed by atoms with Crippen molar-refractivity contribution in [3.63, 3.8) is 0 Å². The Kier molecular flexibility index (Phi) is 3.73. The van der Waals surface area contributed by atoms with E-state index < -0.39 is 0 Å². The number of nitrogens with two attached hydrogens (primary N) is 1. The summed E-state index contributed by atoms with van der Waals surface area (Å²) in [7, 11) is 0. The molecule has 8 nitrogen and oxygen atoms in total. The van der Waals surface area contributed by atoms with E-state index >= 15 is 0 Å². The van der Waals surface area contributed by atoms with Gasteiger partial charge in [0.05, 0.1) is 0 Å². The van der Waals surface area contributed by atoms with Gasteiger partial charge in [-0.2, -0.15) is 15.4 Å². The minimum atomic E-state index is -0.128. The van der Waals surface area contributed by atoms with Crippen LogP contribution in [0.3, 0.4) is 0 Å². The number of nitrogens with one attached hydrogen (secondary N) is 2. The maximum atomic E-state index is 12.0. The average molecular weight is 303 g/mol. The van der Waals surface area contributed by atoms with Gasteiger partial charge < -0.3 is 11.1 Å². The summed E-state index contributed by atoms with van der Waals surface area (Å²) in [5.41, 5.74) is 7.48. The van der Waals surface area contributed by atoms with Gasteiger partial charge in [0.1, 0.15) is 16.0 Å². The van der Waals surface area contributed by atoms with Crippen LogP contribution < -0.4 is 11.1 Å². The van der Waals surface area contributed by atoms with Crippen LogP contribution in [0.15, 0.2) is 18.2 Å². The Morgan fingerprint density at radius 1 is 1.29 bits per heavy atom. The van der Waals surface area contributed by atoms with Gasteiger partial charge in [-0.05, 0) is 24.6 Å². The van der Waals surface area contributed by atoms with Crippen molar-refractivity contribution in [2.24, 2.45) is 0 Å². The molecule has 1 aromatic carbocycles. The van der Waals surface area contributed by atoms with Crippen molar-refractivity contribution in [3.8, 4) is 0 Å². The van der Waals surface area contributed by atoms with E-state index in [1.807, 2.05) is 0 Å². The van der Waals surface area contributed by atoms with Crippen LogP contribution in [0.2, 0.25) is 0 Å². The number of anilines is 1. The Hall–Kier alpha value is -2.55. The maximum Gasteiger partial charge on any atom is 0.251 e. The molecule has 0 unspecified atom stereocenters. The van der Waals surface area contributed by atoms with E-state index in [1.165, 1.54) is 11.3 Å². The fourth-order valence-electron chi connectivity index (χ4n) is 1.89. The quantitative estimate of drug-likeness (QED) is 0.598. The molecule has 0 radical (unpaired) electrons. The number of nitrogens with zero attached hydrogens (tertiary/aromatic N) is 4. The minimum absolute atomic E-state index is 0.128. The zero-order chi connectivity index (χ0) is 14.7. The Balaban J connectivity index is 1.51. The van der Waals surface area contributed by atoms with Gasteiger partial charge in [0.25, 0.3) is 5.91 Å². The van der Waals surface area contributed by atoms with Gasteiger partial charge in [0, 0.05) is 18.5 Å². The molecule has 21 heavy (non-hydrogen) atoms. The smallest absolute Gasteiger partial charge is 0.251 e. The predicted octanol–water partition coefficient (Wildman–Crippen LogP) is 0.754. The maximum absolute atomic E-state index is 12.0. The molecule has 3 aromatic rings. The lowest BCUT2D eigenvalue weighted by Gasteiger charge is -2.04. The van der Waals surface area contributed by atoms with E-state index in [0.29, 0.717) is 22.8 Å². The van der Waals surface area contributed by atoms with E-state index in [9.17, 15) is 4.79 Å². The van der Waals surface area contributed by atoms with Crippen LogP contribution in [0.1, 0.15) is 21.8 Å². The third kappa shape index (κ3) is 3.14. The molecule has 2 heterocycles. The predicted molar refractivity (Wildman–Crippen MR) is 78.9 cm³/mol. The molecule has 0 bridgehead atoms. The number of hydrogen-bond donors (Lipinski definition) is 3. The van der Waals surface area contributed by atoms with Gasteiger partial charge in [-0.1, -0.05) is 11.3 Å². The zero-order valence-electron chi connectivity index (χ0n) is 11.0. The fourth-order valence-corrected chi connectivity index (χ4v) is 2.54. The zero-order valence-corrected chi connectivity index (χ0v) is 11.9. The number of carbonyl (C=O) groups is 1. The van der Waals surface area contributed by atoms with Crippen LogP contribution in [-0.2, 0) is 6.42 Å². The van der Waals surface area contributed by atoms with Crippen molar-refractivity contribution in [2.75, 3.05) is 12.3 Å². The highest BCUT2D eigenvalue weighted by Gasteiger charge is 2.08. The molecule has 0 saturated carbocycles. The molecular weight excluding hydrogens is 290 g/mol. The summed E-state index contributed by atoms with van der Waals surface area (Å²) >= 11 is 1.37. The SMILES string of the molecule is Nc1nnc(CCCNC(=O)c2ccc3n[nH]nc3c2)s1. The molecule has 0 aliphatic carbocycles. The first-order valence-electron chi connectivity index (χ1n) is 6.39. The summed E-state index contributed by atoms with van der Waals surface area (Å²) in [4.78, 5) is 12.0. The summed E-state index contributed by atoms with van der Waals surface area (Å²) in [6, 6.07) is 5.20. The lowest BCUT2D eigenvalue weighted by molar-refractivity contribution is 0.0953. The van der Waals surface area contributed by atoms with Gasteiger partial charge in [-0.15, -0.1) is 10.2 Å². The van der Waals surface area contributed by atoms with Crippen LogP contribution in [0.4, 0.5) is 5.13 Å². The Morgan fingerprint density at radius 2 is 2.14 bits per heavy atom. The number of hydrogen-bond acceptors (Lipinski definition) is 7. The summed E-state index contributed by atoms with van der Waals surface area (Å²) in [5.74, 6) is -0.128. The number of amides is 1. The minimum Gasteiger partial charge on any atom is -0.374 e. The van der Waals surface area contributed by atoms with Gasteiger partial charge in [0.2, 0.25) is 5.13 Å². The standard InChI is InChI=1S/C12H13N7OS/c13-12-18-17-10(21-12)2-1-5-14-11(20)7-3-4-8-9(6-7)16-19-15-8/h3-4,6H,1-2,5H2,(H2,13,18)(H,14,20)(H,15,16,19). The number of rotatable bonds is 5. The average Bonchev–Trinajstić information content (AvgIpc) is 3.11. The molecule has 0 atom stereocenters. The Morgan fingerprint density at radius 3 is 2.95 bits per heavy atom. The molecule has 0 saturated heterocycles. The molecule has 0 aliphatic rings. The number of aromatic nitrogens is 5. The van der Waals surface area contributed by atoms with Crippen LogP contribution in [0.5, 0.6) is 0 Å².